The molecular weight excluding hydrogens is 302 g/mol. The van der Waals surface area contributed by atoms with Crippen molar-refractivity contribution in [1.29, 1.82) is 5.26 Å². The fourth-order valence-electron chi connectivity index (χ4n) is 3.10. The molecule has 0 bridgehead atoms. The summed E-state index contributed by atoms with van der Waals surface area (Å²) in [6.45, 7) is 2.04. The zero-order valence-electron chi connectivity index (χ0n) is 12.0. The summed E-state index contributed by atoms with van der Waals surface area (Å²) in [5.41, 5.74) is 2.25. The maximum Gasteiger partial charge on any atom is 0.163 e. The van der Waals surface area contributed by atoms with Gasteiger partial charge in [-0.15, -0.1) is 0 Å². The molecule has 6 heteroatoms. The number of aliphatic hydroxyl groups is 1. The summed E-state index contributed by atoms with van der Waals surface area (Å²) < 4.78 is 1.84. The number of rotatable bonds is 2. The molecule has 0 spiro atoms. The number of fused-ring (bicyclic) bond motifs is 1. The number of aromatic nitrogens is 2. The first kappa shape index (κ1) is 14.8. The Balaban J connectivity index is 2.41. The number of nitrogens with zero attached hydrogens (tertiary/aromatic N) is 3. The molecule has 0 saturated heterocycles. The van der Waals surface area contributed by atoms with E-state index in [1.54, 1.807) is 18.3 Å². The molecule has 3 rings (SSSR count). The number of hydrogen-bond donors (Lipinski definition) is 1. The van der Waals surface area contributed by atoms with Gasteiger partial charge in [-0.25, -0.2) is 4.98 Å². The first-order chi connectivity index (χ1) is 10.6. The Bertz CT molecular complexity index is 804. The second-order valence-electron chi connectivity index (χ2n) is 5.30. The molecule has 1 unspecified atom stereocenters. The lowest BCUT2D eigenvalue weighted by Gasteiger charge is -2.23. The third kappa shape index (κ3) is 2.12. The van der Waals surface area contributed by atoms with E-state index in [-0.39, 0.29) is 16.5 Å². The molecule has 2 aromatic heterocycles. The first-order valence-electron chi connectivity index (χ1n) is 7.02. The number of carbonyl (C=O) groups excluding carboxylic acids is 1. The summed E-state index contributed by atoms with van der Waals surface area (Å²) >= 11 is 6.17. The Labute approximate surface area is 132 Å². The minimum atomic E-state index is -0.746. The number of pyridine rings is 1. The molecule has 0 aromatic carbocycles. The molecule has 3 heterocycles. The van der Waals surface area contributed by atoms with Gasteiger partial charge in [-0.05, 0) is 31.9 Å². The second kappa shape index (κ2) is 5.56. The first-order valence-corrected chi connectivity index (χ1v) is 7.40. The molecule has 0 aliphatic carbocycles. The van der Waals surface area contributed by atoms with E-state index in [9.17, 15) is 15.2 Å². The Kier molecular flexibility index (Phi) is 3.73. The number of hydrogen-bond acceptors (Lipinski definition) is 4. The average Bonchev–Trinajstić information content (AvgIpc) is 2.83. The van der Waals surface area contributed by atoms with Crippen LogP contribution in [-0.4, -0.2) is 20.4 Å². The van der Waals surface area contributed by atoms with E-state index in [1.807, 2.05) is 4.57 Å². The number of nitriles is 1. The molecule has 0 radical (unpaired) electrons. The van der Waals surface area contributed by atoms with Crippen molar-refractivity contribution in [2.24, 2.45) is 0 Å². The zero-order chi connectivity index (χ0) is 15.9. The highest BCUT2D eigenvalue weighted by Crippen LogP contribution is 2.40. The minimum absolute atomic E-state index is 0.229. The van der Waals surface area contributed by atoms with E-state index in [4.69, 9.17) is 11.6 Å². The van der Waals surface area contributed by atoms with Gasteiger partial charge in [0.1, 0.15) is 11.2 Å². The minimum Gasteiger partial charge on any atom is -0.387 e. The van der Waals surface area contributed by atoms with Gasteiger partial charge in [-0.3, -0.25) is 4.79 Å². The topological polar surface area (TPSA) is 78.9 Å². The molecule has 5 nitrogen and oxygen atoms in total. The molecule has 1 N–H and O–H groups in total. The summed E-state index contributed by atoms with van der Waals surface area (Å²) in [5, 5.41) is 20.2. The molecule has 1 atom stereocenters. The van der Waals surface area contributed by atoms with Gasteiger partial charge >= 0.3 is 0 Å². The van der Waals surface area contributed by atoms with E-state index >= 15 is 0 Å². The van der Waals surface area contributed by atoms with Gasteiger partial charge in [0, 0.05) is 18.3 Å². The lowest BCUT2D eigenvalue weighted by atomic mass is 9.99. The Morgan fingerprint density at radius 3 is 3.00 bits per heavy atom. The molecule has 22 heavy (non-hydrogen) atoms. The van der Waals surface area contributed by atoms with Crippen molar-refractivity contribution in [2.75, 3.05) is 0 Å². The van der Waals surface area contributed by atoms with Crippen molar-refractivity contribution in [2.45, 2.75) is 32.4 Å². The van der Waals surface area contributed by atoms with Crippen molar-refractivity contribution >= 4 is 17.4 Å². The average molecular weight is 316 g/mol. The van der Waals surface area contributed by atoms with Crippen LogP contribution in [0.5, 0.6) is 0 Å². The van der Waals surface area contributed by atoms with Crippen molar-refractivity contribution in [1.82, 2.24) is 9.55 Å². The highest BCUT2D eigenvalue weighted by molar-refractivity contribution is 6.32. The molecule has 112 valence electrons. The molecule has 1 aliphatic rings. The number of ketones is 1. The predicted octanol–water partition coefficient (Wildman–Crippen LogP) is 3.10. The summed E-state index contributed by atoms with van der Waals surface area (Å²) in [5.74, 6) is -0.229. The van der Waals surface area contributed by atoms with Crippen molar-refractivity contribution in [3.8, 4) is 17.3 Å². The quantitative estimate of drug-likeness (QED) is 0.682. The lowest BCUT2D eigenvalue weighted by Crippen LogP contribution is -2.17. The smallest absolute Gasteiger partial charge is 0.163 e. The van der Waals surface area contributed by atoms with Crippen LogP contribution in [0, 0.1) is 11.3 Å². The largest absolute Gasteiger partial charge is 0.387 e. The van der Waals surface area contributed by atoms with Gasteiger partial charge in [-0.2, -0.15) is 5.26 Å². The predicted molar refractivity (Wildman–Crippen MR) is 81.6 cm³/mol. The summed E-state index contributed by atoms with van der Waals surface area (Å²) in [7, 11) is 0. The summed E-state index contributed by atoms with van der Waals surface area (Å²) in [6, 6.07) is 5.61. The number of halogens is 1. The van der Waals surface area contributed by atoms with E-state index < -0.39 is 6.10 Å². The lowest BCUT2D eigenvalue weighted by molar-refractivity contribution is 0.0995. The van der Waals surface area contributed by atoms with E-state index in [0.29, 0.717) is 35.5 Å². The Hall–Kier alpha value is -2.16. The van der Waals surface area contributed by atoms with Crippen LogP contribution in [0.25, 0.3) is 11.3 Å². The fourth-order valence-corrected chi connectivity index (χ4v) is 3.31. The van der Waals surface area contributed by atoms with Crippen molar-refractivity contribution < 1.29 is 9.90 Å². The van der Waals surface area contributed by atoms with Crippen molar-refractivity contribution in [3.05, 3.63) is 40.3 Å². The molecule has 2 aromatic rings. The summed E-state index contributed by atoms with van der Waals surface area (Å²) in [6.07, 6.45) is 2.17. The number of carbonyl (C=O) groups is 1. The SMILES string of the molecule is CC(=O)c1c(C#N)c(-c2cccnc2Cl)n2c1C(O)CCC2. The number of aliphatic hydroxyl groups excluding tert-OH is 1. The normalized spacial score (nSPS) is 16.9. The zero-order valence-corrected chi connectivity index (χ0v) is 12.8. The highest BCUT2D eigenvalue weighted by Gasteiger charge is 2.32. The van der Waals surface area contributed by atoms with Crippen LogP contribution in [0.4, 0.5) is 0 Å². The van der Waals surface area contributed by atoms with Crippen LogP contribution < -0.4 is 0 Å². The van der Waals surface area contributed by atoms with Crippen LogP contribution in [-0.2, 0) is 6.54 Å². The summed E-state index contributed by atoms with van der Waals surface area (Å²) in [4.78, 5) is 16.1. The van der Waals surface area contributed by atoms with Crippen molar-refractivity contribution in [3.63, 3.8) is 0 Å². The van der Waals surface area contributed by atoms with E-state index in [2.05, 4.69) is 11.1 Å². The molecule has 0 fully saturated rings. The van der Waals surface area contributed by atoms with Crippen LogP contribution in [0.3, 0.4) is 0 Å². The van der Waals surface area contributed by atoms with E-state index in [1.165, 1.54) is 6.92 Å². The molecular formula is C16H14ClN3O2. The van der Waals surface area contributed by atoms with Crippen LogP contribution in [0.1, 0.15) is 47.5 Å². The van der Waals surface area contributed by atoms with Crippen LogP contribution >= 0.6 is 11.6 Å². The van der Waals surface area contributed by atoms with E-state index in [0.717, 1.165) is 6.42 Å². The van der Waals surface area contributed by atoms with Gasteiger partial charge in [0.2, 0.25) is 0 Å². The maximum absolute atomic E-state index is 12.0. The number of Topliss-reactive ketones (excluding diaryl/α,β-unsaturated/α-hetero) is 1. The van der Waals surface area contributed by atoms with Gasteiger partial charge in [0.15, 0.2) is 5.78 Å². The van der Waals surface area contributed by atoms with Gasteiger partial charge < -0.3 is 9.67 Å². The van der Waals surface area contributed by atoms with Crippen LogP contribution in [0.15, 0.2) is 18.3 Å². The molecule has 1 aliphatic heterocycles. The Morgan fingerprint density at radius 2 is 2.36 bits per heavy atom. The molecule has 0 amide bonds. The maximum atomic E-state index is 12.0. The third-order valence-corrected chi connectivity index (χ3v) is 4.26. The standard InChI is InChI=1S/C16H14ClN3O2/c1-9(21)13-11(8-18)14(10-4-2-6-19-16(10)17)20-7-3-5-12(22)15(13)20/h2,4,6,12,22H,3,5,7H2,1H3. The van der Waals surface area contributed by atoms with Crippen LogP contribution in [0.2, 0.25) is 5.15 Å². The highest BCUT2D eigenvalue weighted by atomic mass is 35.5. The monoisotopic (exact) mass is 315 g/mol. The van der Waals surface area contributed by atoms with Gasteiger partial charge in [0.05, 0.1) is 28.6 Å². The Morgan fingerprint density at radius 1 is 1.59 bits per heavy atom. The van der Waals surface area contributed by atoms with Gasteiger partial charge in [0.25, 0.3) is 0 Å². The van der Waals surface area contributed by atoms with Gasteiger partial charge in [-0.1, -0.05) is 11.6 Å². The molecule has 0 saturated carbocycles. The third-order valence-electron chi connectivity index (χ3n) is 3.96. The fraction of sp³-hybridized carbons (Fsp3) is 0.312. The second-order valence-corrected chi connectivity index (χ2v) is 5.66.